The van der Waals surface area contributed by atoms with E-state index in [1.54, 1.807) is 7.11 Å². The second kappa shape index (κ2) is 13.8. The highest BCUT2D eigenvalue weighted by Crippen LogP contribution is 2.31. The maximum absolute atomic E-state index is 5.95. The van der Waals surface area contributed by atoms with Gasteiger partial charge in [0.15, 0.2) is 11.5 Å². The van der Waals surface area contributed by atoms with Crippen molar-refractivity contribution in [3.05, 3.63) is 54.1 Å². The van der Waals surface area contributed by atoms with Crippen LogP contribution in [0, 0.1) is 0 Å². The molecule has 4 N–H and O–H groups in total. The summed E-state index contributed by atoms with van der Waals surface area (Å²) in [7, 11) is 1.65. The van der Waals surface area contributed by atoms with Crippen molar-refractivity contribution in [1.82, 2.24) is 11.5 Å². The van der Waals surface area contributed by atoms with E-state index in [0.29, 0.717) is 6.04 Å². The third-order valence-electron chi connectivity index (χ3n) is 3.78. The molecule has 0 heterocycles. The maximum Gasteiger partial charge on any atom is 0.169 e. The molecule has 0 aliphatic rings. The minimum atomic E-state index is 0. The highest BCUT2D eigenvalue weighted by molar-refractivity contribution is 5.85. The Balaban J connectivity index is 0. The topological polar surface area (TPSA) is 65.5 Å². The van der Waals surface area contributed by atoms with Crippen molar-refractivity contribution in [2.45, 2.75) is 39.3 Å². The fraction of sp³-hybridized carbons (Fsp3) is 0.368. The average Bonchev–Trinajstić information content (AvgIpc) is 2.57. The number of hydrogen-bond donors (Lipinski definition) is 2. The summed E-state index contributed by atoms with van der Waals surface area (Å²) in [5.41, 5.74) is 1.22. The van der Waals surface area contributed by atoms with Crippen LogP contribution in [0.1, 0.15) is 32.3 Å². The number of nitrogens with one attached hydrogen (secondary N) is 1. The number of rotatable bonds is 8. The van der Waals surface area contributed by atoms with E-state index in [-0.39, 0.29) is 31.0 Å². The Morgan fingerprint density at radius 2 is 1.56 bits per heavy atom. The quantitative estimate of drug-likeness (QED) is 0.601. The van der Waals surface area contributed by atoms with Gasteiger partial charge in [0.1, 0.15) is 5.75 Å². The molecule has 25 heavy (non-hydrogen) atoms. The molecule has 0 amide bonds. The predicted octanol–water partition coefficient (Wildman–Crippen LogP) is 5.77. The minimum Gasteiger partial charge on any atom is -0.493 e. The first-order valence-corrected chi connectivity index (χ1v) is 7.90. The number of ether oxygens (including phenoxy) is 2. The highest BCUT2D eigenvalue weighted by Gasteiger charge is 2.06. The zero-order valence-electron chi connectivity index (χ0n) is 15.2. The maximum atomic E-state index is 5.95. The average molecular weight is 389 g/mol. The standard InChI is InChI=1S/C19H25NO2.2ClH.H3N/c1-4-16(5-2)20-14-15-9-8-10-17(13-15)22-19-12-7-6-11-18(19)21-3;;;/h6-13,16,20H,4-5,14H2,1-3H3;2*1H;1H3. The highest BCUT2D eigenvalue weighted by atomic mass is 35.5. The van der Waals surface area contributed by atoms with Gasteiger partial charge in [0, 0.05) is 12.6 Å². The summed E-state index contributed by atoms with van der Waals surface area (Å²) >= 11 is 0. The van der Waals surface area contributed by atoms with Crippen LogP contribution >= 0.6 is 24.8 Å². The van der Waals surface area contributed by atoms with E-state index >= 15 is 0 Å². The number of benzene rings is 2. The fourth-order valence-electron chi connectivity index (χ4n) is 2.39. The number of para-hydroxylation sites is 2. The summed E-state index contributed by atoms with van der Waals surface area (Å²) in [6, 6.07) is 16.4. The van der Waals surface area contributed by atoms with E-state index < -0.39 is 0 Å². The van der Waals surface area contributed by atoms with Crippen LogP contribution in [0.15, 0.2) is 48.5 Å². The van der Waals surface area contributed by atoms with E-state index in [1.165, 1.54) is 5.56 Å². The van der Waals surface area contributed by atoms with Crippen LogP contribution in [-0.2, 0) is 6.54 Å². The van der Waals surface area contributed by atoms with Gasteiger partial charge in [-0.3, -0.25) is 0 Å². The lowest BCUT2D eigenvalue weighted by atomic mass is 10.1. The molecule has 2 aromatic carbocycles. The van der Waals surface area contributed by atoms with Crippen molar-refractivity contribution in [1.29, 1.82) is 0 Å². The largest absolute Gasteiger partial charge is 0.493 e. The summed E-state index contributed by atoms with van der Waals surface area (Å²) in [5.74, 6) is 2.30. The molecule has 6 heteroatoms. The van der Waals surface area contributed by atoms with Crippen LogP contribution in [0.4, 0.5) is 0 Å². The van der Waals surface area contributed by atoms with Gasteiger partial charge in [0.2, 0.25) is 0 Å². The molecule has 0 unspecified atom stereocenters. The molecule has 0 radical (unpaired) electrons. The van der Waals surface area contributed by atoms with Gasteiger partial charge in [0.25, 0.3) is 0 Å². The Hall–Kier alpha value is -1.46. The molecule has 0 saturated heterocycles. The molecule has 0 aromatic heterocycles. The number of hydrogen-bond acceptors (Lipinski definition) is 4. The summed E-state index contributed by atoms with van der Waals surface area (Å²) in [5, 5.41) is 3.57. The minimum absolute atomic E-state index is 0. The lowest BCUT2D eigenvalue weighted by Gasteiger charge is -2.15. The van der Waals surface area contributed by atoms with Crippen molar-refractivity contribution < 1.29 is 9.47 Å². The smallest absolute Gasteiger partial charge is 0.169 e. The van der Waals surface area contributed by atoms with E-state index in [1.807, 2.05) is 36.4 Å². The third kappa shape index (κ3) is 7.97. The first kappa shape index (κ1) is 25.8. The van der Waals surface area contributed by atoms with E-state index in [0.717, 1.165) is 36.6 Å². The molecule has 0 aliphatic heterocycles. The molecule has 0 atom stereocenters. The van der Waals surface area contributed by atoms with Crippen molar-refractivity contribution in [2.24, 2.45) is 0 Å². The van der Waals surface area contributed by atoms with Crippen LogP contribution in [0.3, 0.4) is 0 Å². The second-order valence-corrected chi connectivity index (χ2v) is 5.29. The van der Waals surface area contributed by atoms with Crippen LogP contribution in [-0.4, -0.2) is 13.2 Å². The molecule has 0 bridgehead atoms. The predicted molar refractivity (Wildman–Crippen MR) is 110 cm³/mol. The molecule has 2 rings (SSSR count). The Bertz CT molecular complexity index is 593. The Labute approximate surface area is 163 Å². The zero-order chi connectivity index (χ0) is 15.8. The normalized spacial score (nSPS) is 9.44. The van der Waals surface area contributed by atoms with E-state index in [9.17, 15) is 0 Å². The lowest BCUT2D eigenvalue weighted by Crippen LogP contribution is -2.26. The van der Waals surface area contributed by atoms with Gasteiger partial charge in [-0.2, -0.15) is 0 Å². The fourth-order valence-corrected chi connectivity index (χ4v) is 2.39. The van der Waals surface area contributed by atoms with Crippen molar-refractivity contribution >= 4 is 24.8 Å². The SMILES string of the molecule is CCC(CC)NCc1cccc(Oc2ccccc2OC)c1.Cl.Cl.N. The van der Waals surface area contributed by atoms with Crippen LogP contribution in [0.5, 0.6) is 17.2 Å². The molecular formula is C19H30Cl2N2O2. The monoisotopic (exact) mass is 388 g/mol. The Morgan fingerprint density at radius 3 is 2.16 bits per heavy atom. The number of methoxy groups -OCH3 is 1. The molecule has 4 nitrogen and oxygen atoms in total. The Kier molecular flexibility index (Phi) is 14.2. The van der Waals surface area contributed by atoms with Gasteiger partial charge in [-0.25, -0.2) is 0 Å². The van der Waals surface area contributed by atoms with Gasteiger partial charge in [-0.1, -0.05) is 38.1 Å². The molecular weight excluding hydrogens is 359 g/mol. The summed E-state index contributed by atoms with van der Waals surface area (Å²) in [4.78, 5) is 0. The van der Waals surface area contributed by atoms with Gasteiger partial charge in [-0.05, 0) is 42.7 Å². The summed E-state index contributed by atoms with van der Waals surface area (Å²) < 4.78 is 11.3. The van der Waals surface area contributed by atoms with Gasteiger partial charge in [-0.15, -0.1) is 24.8 Å². The second-order valence-electron chi connectivity index (χ2n) is 5.29. The van der Waals surface area contributed by atoms with Crippen LogP contribution in [0.25, 0.3) is 0 Å². The molecule has 0 saturated carbocycles. The number of halogens is 2. The van der Waals surface area contributed by atoms with Gasteiger partial charge in [0.05, 0.1) is 7.11 Å². The van der Waals surface area contributed by atoms with E-state index in [4.69, 9.17) is 9.47 Å². The van der Waals surface area contributed by atoms with Crippen molar-refractivity contribution in [2.75, 3.05) is 7.11 Å². The van der Waals surface area contributed by atoms with Crippen molar-refractivity contribution in [3.8, 4) is 17.2 Å². The molecule has 0 fully saturated rings. The van der Waals surface area contributed by atoms with Crippen LogP contribution < -0.4 is 20.9 Å². The molecule has 0 spiro atoms. The first-order chi connectivity index (χ1) is 10.8. The van der Waals surface area contributed by atoms with Crippen molar-refractivity contribution in [3.63, 3.8) is 0 Å². The van der Waals surface area contributed by atoms with Gasteiger partial charge < -0.3 is 20.9 Å². The summed E-state index contributed by atoms with van der Waals surface area (Å²) in [6.07, 6.45) is 2.29. The van der Waals surface area contributed by atoms with Gasteiger partial charge >= 0.3 is 0 Å². The Morgan fingerprint density at radius 1 is 0.920 bits per heavy atom. The molecule has 142 valence electrons. The zero-order valence-corrected chi connectivity index (χ0v) is 16.8. The first-order valence-electron chi connectivity index (χ1n) is 7.90. The van der Waals surface area contributed by atoms with E-state index in [2.05, 4.69) is 31.3 Å². The van der Waals surface area contributed by atoms with Crippen LogP contribution in [0.2, 0.25) is 0 Å². The third-order valence-corrected chi connectivity index (χ3v) is 3.78. The molecule has 0 aliphatic carbocycles. The lowest BCUT2D eigenvalue weighted by molar-refractivity contribution is 0.378. The molecule has 2 aromatic rings. The summed E-state index contributed by atoms with van der Waals surface area (Å²) in [6.45, 7) is 5.28.